The van der Waals surface area contributed by atoms with Crippen molar-refractivity contribution in [2.24, 2.45) is 28.6 Å². The summed E-state index contributed by atoms with van der Waals surface area (Å²) < 4.78 is 38.5. The molecule has 7 heteroatoms. The van der Waals surface area contributed by atoms with Crippen LogP contribution in [0.15, 0.2) is 36.4 Å². The topological polar surface area (TPSA) is 49.4 Å². The number of benzene rings is 1. The first-order valence-electron chi connectivity index (χ1n) is 12.8. The van der Waals surface area contributed by atoms with E-state index in [0.29, 0.717) is 23.3 Å². The van der Waals surface area contributed by atoms with Crippen molar-refractivity contribution in [2.45, 2.75) is 77.1 Å². The summed E-state index contributed by atoms with van der Waals surface area (Å²) in [5.74, 6) is 1.63. The fraction of sp³-hybridized carbons (Fsp3) is 0.643. The molecule has 3 fully saturated rings. The van der Waals surface area contributed by atoms with E-state index in [1.807, 2.05) is 11.9 Å². The first kappa shape index (κ1) is 24.4. The summed E-state index contributed by atoms with van der Waals surface area (Å²) in [6.45, 7) is 4.65. The van der Waals surface area contributed by atoms with Crippen molar-refractivity contribution in [1.29, 1.82) is 0 Å². The van der Waals surface area contributed by atoms with Gasteiger partial charge in [-0.15, -0.1) is 0 Å². The second kappa shape index (κ2) is 8.38. The molecular weight excluding hydrogens is 453 g/mol. The van der Waals surface area contributed by atoms with Crippen LogP contribution < -0.4 is 5.32 Å². The van der Waals surface area contributed by atoms with E-state index in [4.69, 9.17) is 0 Å². The third-order valence-corrected chi connectivity index (χ3v) is 10.1. The highest BCUT2D eigenvalue weighted by atomic mass is 19.4. The van der Waals surface area contributed by atoms with Crippen LogP contribution in [0.4, 0.5) is 13.2 Å². The number of alkyl halides is 3. The second-order valence-corrected chi connectivity index (χ2v) is 11.7. The number of hydrogen-bond donors (Lipinski definition) is 1. The van der Waals surface area contributed by atoms with Gasteiger partial charge in [0.25, 0.3) is 0 Å². The molecule has 2 unspecified atom stereocenters. The molecule has 0 bridgehead atoms. The number of halogens is 3. The molecule has 190 valence electrons. The number of fused-ring (bicyclic) bond motifs is 5. The first-order valence-corrected chi connectivity index (χ1v) is 12.8. The van der Waals surface area contributed by atoms with Gasteiger partial charge in [0.2, 0.25) is 11.8 Å². The minimum Gasteiger partial charge on any atom is -0.353 e. The van der Waals surface area contributed by atoms with Gasteiger partial charge in [0.15, 0.2) is 0 Å². The van der Waals surface area contributed by atoms with Crippen molar-refractivity contribution in [2.75, 3.05) is 7.05 Å². The van der Waals surface area contributed by atoms with E-state index in [1.54, 1.807) is 6.08 Å². The highest BCUT2D eigenvalue weighted by molar-refractivity contribution is 5.89. The molecule has 5 rings (SSSR count). The Balaban J connectivity index is 1.27. The summed E-state index contributed by atoms with van der Waals surface area (Å²) in [4.78, 5) is 27.1. The smallest absolute Gasteiger partial charge is 0.353 e. The number of rotatable bonds is 3. The predicted molar refractivity (Wildman–Crippen MR) is 127 cm³/mol. The van der Waals surface area contributed by atoms with E-state index >= 15 is 0 Å². The van der Waals surface area contributed by atoms with Gasteiger partial charge in [-0.2, -0.15) is 13.2 Å². The Morgan fingerprint density at radius 3 is 2.46 bits per heavy atom. The van der Waals surface area contributed by atoms with E-state index in [2.05, 4.69) is 25.2 Å². The fourth-order valence-corrected chi connectivity index (χ4v) is 8.22. The maximum Gasteiger partial charge on any atom is 0.416 e. The molecule has 4 nitrogen and oxygen atoms in total. The third kappa shape index (κ3) is 3.99. The second-order valence-electron chi connectivity index (χ2n) is 11.7. The number of carbonyl (C=O) groups excluding carboxylic acids is 2. The van der Waals surface area contributed by atoms with Crippen molar-refractivity contribution in [3.8, 4) is 0 Å². The summed E-state index contributed by atoms with van der Waals surface area (Å²) in [5.41, 5.74) is -0.0823. The van der Waals surface area contributed by atoms with Crippen LogP contribution in [0.1, 0.15) is 63.5 Å². The highest BCUT2D eigenvalue weighted by Gasteiger charge is 2.60. The zero-order valence-corrected chi connectivity index (χ0v) is 20.7. The minimum atomic E-state index is -4.37. The zero-order valence-electron chi connectivity index (χ0n) is 20.7. The molecule has 1 aromatic carbocycles. The van der Waals surface area contributed by atoms with Gasteiger partial charge in [0.1, 0.15) is 0 Å². The fourth-order valence-electron chi connectivity index (χ4n) is 8.22. The standard InChI is InChI=1S/C28H35F3N2O2/c1-26-14-12-21-19(8-11-23-27(21,2)15-13-25(35)33(23)3)20(26)9-10-22(26)32-24(34)16-17-4-6-18(7-5-17)28(29,30)31/h4-7,13,15,19-23H,8-12,14,16H2,1-3H3,(H,32,34)/t19-,20-,21+,22?,23?,26-,27+/m0/s1. The van der Waals surface area contributed by atoms with Gasteiger partial charge < -0.3 is 10.2 Å². The Hall–Kier alpha value is -2.31. The molecule has 1 heterocycles. The number of nitrogens with one attached hydrogen (secondary N) is 1. The Morgan fingerprint density at radius 1 is 1.06 bits per heavy atom. The Labute approximate surface area is 205 Å². The molecule has 0 spiro atoms. The van der Waals surface area contributed by atoms with E-state index in [0.717, 1.165) is 50.7 Å². The van der Waals surface area contributed by atoms with Crippen molar-refractivity contribution in [3.05, 3.63) is 47.5 Å². The molecule has 1 aliphatic heterocycles. The maximum atomic E-state index is 12.9. The van der Waals surface area contributed by atoms with E-state index in [-0.39, 0.29) is 41.1 Å². The SMILES string of the molecule is CN1C(=O)C=C[C@@]2(C)C1CC[C@@H]1[C@H]2CC[C@]2(C)C(NC(=O)Cc3ccc(C(F)(F)F)cc3)CC[C@@H]12. The lowest BCUT2D eigenvalue weighted by molar-refractivity contribution is -0.139. The molecule has 3 aliphatic carbocycles. The maximum absolute atomic E-state index is 12.9. The molecule has 0 aromatic heterocycles. The van der Waals surface area contributed by atoms with Crippen molar-refractivity contribution in [3.63, 3.8) is 0 Å². The molecule has 4 aliphatic rings. The number of hydrogen-bond acceptors (Lipinski definition) is 2. The first-order chi connectivity index (χ1) is 16.4. The number of amides is 2. The molecule has 35 heavy (non-hydrogen) atoms. The summed E-state index contributed by atoms with van der Waals surface area (Å²) in [6.07, 6.45) is 5.93. The van der Waals surface area contributed by atoms with Crippen LogP contribution in [0.5, 0.6) is 0 Å². The number of carbonyl (C=O) groups is 2. The molecule has 1 aromatic rings. The zero-order chi connectivity index (χ0) is 25.2. The number of likely N-dealkylation sites (N-methyl/N-ethyl adjacent to an activating group) is 1. The summed E-state index contributed by atoms with van der Waals surface area (Å²) in [5, 5.41) is 3.26. The Morgan fingerprint density at radius 2 is 1.77 bits per heavy atom. The van der Waals surface area contributed by atoms with E-state index in [1.165, 1.54) is 12.1 Å². The third-order valence-electron chi connectivity index (χ3n) is 10.1. The average molecular weight is 489 g/mol. The predicted octanol–water partition coefficient (Wildman–Crippen LogP) is 5.37. The van der Waals surface area contributed by atoms with E-state index < -0.39 is 11.7 Å². The molecule has 0 radical (unpaired) electrons. The van der Waals surface area contributed by atoms with Crippen LogP contribution in [0.3, 0.4) is 0 Å². The lowest BCUT2D eigenvalue weighted by atomic mass is 9.48. The van der Waals surface area contributed by atoms with Gasteiger partial charge in [-0.05, 0) is 85.5 Å². The van der Waals surface area contributed by atoms with Crippen LogP contribution in [0.2, 0.25) is 0 Å². The van der Waals surface area contributed by atoms with Gasteiger partial charge in [-0.1, -0.05) is 32.1 Å². The molecule has 0 saturated heterocycles. The van der Waals surface area contributed by atoms with Gasteiger partial charge in [-0.3, -0.25) is 9.59 Å². The molecule has 7 atom stereocenters. The average Bonchev–Trinajstić information content (AvgIpc) is 3.12. The molecular formula is C28H35F3N2O2. The van der Waals surface area contributed by atoms with Gasteiger partial charge in [0, 0.05) is 24.5 Å². The minimum absolute atomic E-state index is 0.00316. The summed E-state index contributed by atoms with van der Waals surface area (Å²) >= 11 is 0. The van der Waals surface area contributed by atoms with Crippen LogP contribution >= 0.6 is 0 Å². The van der Waals surface area contributed by atoms with Gasteiger partial charge >= 0.3 is 6.18 Å². The lowest BCUT2D eigenvalue weighted by Gasteiger charge is -2.60. The van der Waals surface area contributed by atoms with E-state index in [9.17, 15) is 22.8 Å². The quantitative estimate of drug-likeness (QED) is 0.622. The van der Waals surface area contributed by atoms with Crippen LogP contribution in [0.25, 0.3) is 0 Å². The lowest BCUT2D eigenvalue weighted by Crippen LogP contribution is -2.60. The van der Waals surface area contributed by atoms with Crippen molar-refractivity contribution >= 4 is 11.8 Å². The number of nitrogens with zero attached hydrogens (tertiary/aromatic N) is 1. The Kier molecular flexibility index (Phi) is 5.84. The van der Waals surface area contributed by atoms with Gasteiger partial charge in [0.05, 0.1) is 12.0 Å². The van der Waals surface area contributed by atoms with Crippen LogP contribution in [-0.4, -0.2) is 35.8 Å². The van der Waals surface area contributed by atoms with Crippen LogP contribution in [-0.2, 0) is 22.2 Å². The molecule has 3 saturated carbocycles. The summed E-state index contributed by atoms with van der Waals surface area (Å²) in [6, 6.07) is 5.21. The van der Waals surface area contributed by atoms with Gasteiger partial charge in [-0.25, -0.2) is 0 Å². The van der Waals surface area contributed by atoms with Crippen molar-refractivity contribution < 1.29 is 22.8 Å². The highest BCUT2D eigenvalue weighted by Crippen LogP contribution is 2.63. The largest absolute Gasteiger partial charge is 0.416 e. The summed E-state index contributed by atoms with van der Waals surface area (Å²) in [7, 11) is 1.93. The normalized spacial score (nSPS) is 38.5. The monoisotopic (exact) mass is 488 g/mol. The molecule has 1 N–H and O–H groups in total. The Bertz CT molecular complexity index is 1040. The van der Waals surface area contributed by atoms with Crippen molar-refractivity contribution in [1.82, 2.24) is 10.2 Å². The van der Waals surface area contributed by atoms with Crippen LogP contribution in [0, 0.1) is 28.6 Å². The molecule has 2 amide bonds.